The van der Waals surface area contributed by atoms with Gasteiger partial charge >= 0.3 is 15.2 Å². The molecule has 0 fully saturated rings. The van der Waals surface area contributed by atoms with E-state index in [2.05, 4.69) is 327 Å². The summed E-state index contributed by atoms with van der Waals surface area (Å²) in [7, 11) is -6.69. The van der Waals surface area contributed by atoms with Gasteiger partial charge in [0.1, 0.15) is 0 Å². The molecule has 0 aliphatic carbocycles. The molecule has 19 rings (SSSR count). The topological polar surface area (TPSA) is 71.1 Å². The van der Waals surface area contributed by atoms with Gasteiger partial charge in [0.05, 0.1) is 37.7 Å². The second-order valence-electron chi connectivity index (χ2n) is 29.3. The Hall–Kier alpha value is -11.9. The fraction of sp³-hybridized carbons (Fsp3) is 0.117. The molecule has 0 spiro atoms. The van der Waals surface area contributed by atoms with Gasteiger partial charge in [0.25, 0.3) is 0 Å². The van der Waals surface area contributed by atoms with Crippen LogP contribution in [0.15, 0.2) is 496 Å². The molecule has 672 valence electrons. The molecule has 0 aliphatic rings. The molecule has 17 aromatic carbocycles. The largest absolute Gasteiger partial charge is 0.339 e. The Labute approximate surface area is 814 Å². The SMILES string of the molecule is CCOP(=O)(OCC)C(Cc1cccc(-c2ccccc2)c1)c1sc2ccccc2c1C.CCOP(=O)(OCC)C(Cc1cccc(Br)c1)c1sc2ccccc2c1C.[Pd].[c-]1ccccc1.[c-]1ccccc1.[c-]1ccccc1.[c-]1ccccc1.c1ccc(-c2ccccc2)cc1.c1ccc(-c2ccccc2)cc1.c1ccc(-c2ccccc2)cc1.c1ccc(-c2ccccc2)cc1. The van der Waals surface area contributed by atoms with Crippen molar-refractivity contribution in [1.29, 1.82) is 0 Å². The molecule has 132 heavy (non-hydrogen) atoms. The second-order valence-corrected chi connectivity index (χ2v) is 36.8. The van der Waals surface area contributed by atoms with Crippen LogP contribution in [-0.4, -0.2) is 26.4 Å². The third-order valence-electron chi connectivity index (χ3n) is 20.1. The zero-order valence-corrected chi connectivity index (χ0v) is 82.1. The molecule has 0 bridgehead atoms. The summed E-state index contributed by atoms with van der Waals surface area (Å²) in [5.74, 6) is 0. The minimum atomic E-state index is -3.38. The van der Waals surface area contributed by atoms with Crippen LogP contribution in [0.5, 0.6) is 0 Å². The van der Waals surface area contributed by atoms with Crippen molar-refractivity contribution >= 4 is 74.0 Å². The smallest absolute Gasteiger partial charge is 0.308 e. The van der Waals surface area contributed by atoms with Crippen LogP contribution in [0, 0.1) is 38.1 Å². The zero-order valence-electron chi connectivity index (χ0n) is 75.5. The van der Waals surface area contributed by atoms with E-state index < -0.39 is 15.2 Å². The van der Waals surface area contributed by atoms with Crippen LogP contribution in [0.2, 0.25) is 0 Å². The van der Waals surface area contributed by atoms with Crippen LogP contribution in [0.4, 0.5) is 0 Å². The van der Waals surface area contributed by atoms with Crippen LogP contribution >= 0.6 is 53.8 Å². The summed E-state index contributed by atoms with van der Waals surface area (Å²) in [6, 6.07) is 177. The van der Waals surface area contributed by atoms with E-state index >= 15 is 0 Å². The maximum absolute atomic E-state index is 14.1. The van der Waals surface area contributed by atoms with Crippen molar-refractivity contribution in [2.24, 2.45) is 0 Å². The second kappa shape index (κ2) is 60.2. The van der Waals surface area contributed by atoms with Gasteiger partial charge in [0.2, 0.25) is 0 Å². The van der Waals surface area contributed by atoms with Gasteiger partial charge in [-0.2, -0.15) is 146 Å². The van der Waals surface area contributed by atoms with Gasteiger partial charge in [0, 0.05) is 44.0 Å². The summed E-state index contributed by atoms with van der Waals surface area (Å²) in [5, 5.41) is 2.41. The summed E-state index contributed by atoms with van der Waals surface area (Å²) in [4.78, 5) is 2.17. The van der Waals surface area contributed by atoms with Crippen molar-refractivity contribution in [2.75, 3.05) is 26.4 Å². The average Bonchev–Trinajstić information content (AvgIpc) is 1.62. The molecule has 6 nitrogen and oxygen atoms in total. The molecule has 2 unspecified atom stereocenters. The normalized spacial score (nSPS) is 10.8. The summed E-state index contributed by atoms with van der Waals surface area (Å²) < 4.78 is 54.5. The summed E-state index contributed by atoms with van der Waals surface area (Å²) >= 11 is 6.92. The Morgan fingerprint density at radius 3 is 0.674 bits per heavy atom. The summed E-state index contributed by atoms with van der Waals surface area (Å²) in [5.41, 5.74) is 16.4. The molecule has 19 aromatic rings. The minimum absolute atomic E-state index is 0. The molecule has 0 N–H and O–H groups in total. The van der Waals surface area contributed by atoms with Gasteiger partial charge < -0.3 is 18.1 Å². The predicted octanol–water partition coefficient (Wildman–Crippen LogP) is 35.3. The van der Waals surface area contributed by atoms with Gasteiger partial charge in [-0.1, -0.05) is 362 Å². The van der Waals surface area contributed by atoms with E-state index in [1.165, 1.54) is 70.2 Å². The molecule has 2 aromatic heterocycles. The number of benzene rings is 17. The Kier molecular flexibility index (Phi) is 47.4. The van der Waals surface area contributed by atoms with Crippen molar-refractivity contribution in [3.05, 3.63) is 552 Å². The molecule has 0 saturated carbocycles. The van der Waals surface area contributed by atoms with Crippen molar-refractivity contribution < 1.29 is 47.6 Å². The van der Waals surface area contributed by atoms with Gasteiger partial charge in [-0.15, -0.1) is 22.7 Å². The van der Waals surface area contributed by atoms with E-state index in [1.807, 2.05) is 246 Å². The monoisotopic (exact) mass is 1960 g/mol. The summed E-state index contributed by atoms with van der Waals surface area (Å²) in [6.07, 6.45) is 1.19. The Morgan fingerprint density at radius 1 is 0.258 bits per heavy atom. The first-order chi connectivity index (χ1) is 64.4. The molecule has 0 amide bonds. The predicted molar refractivity (Wildman–Crippen MR) is 562 cm³/mol. The number of fused-ring (bicyclic) bond motifs is 2. The maximum Gasteiger partial charge on any atom is 0.339 e. The molecule has 12 heteroatoms. The zero-order chi connectivity index (χ0) is 91.9. The standard InChI is InChI=1S/C27H29O3PS.C21H24BrO3PS.4C12H10.4C6H5.Pd/c1-4-29-31(28,30-5-2)25(27-20(3)24-16-9-10-17-26(24)32-27)19-21-12-11-15-23(18-21)22-13-7-6-8-14-22;1-4-24-26(23,25-5-2)19(14-16-9-8-10-17(22)13-16)21-15(3)18-11-6-7-12-20(18)27-21;4*1-3-7-11(8-4-1)12-9-5-2-6-10-12;4*1-2-4-6-5-3-1;/h6-18,25H,4-5,19H2,1-3H3;6-13,19H,4-5,14H2,1-3H3;4*1-10H;4*1-5H;/q;;;;;;4*-1;. The molecule has 0 aliphatic heterocycles. The third-order valence-corrected chi connectivity index (χ3v) is 28.6. The molecular weight excluding hydrogens is 1850 g/mol. The summed E-state index contributed by atoms with van der Waals surface area (Å²) in [6.45, 7) is 13.1. The van der Waals surface area contributed by atoms with E-state index in [0.29, 0.717) is 39.3 Å². The molecule has 2 atom stereocenters. The Bertz CT molecular complexity index is 5600. The van der Waals surface area contributed by atoms with Gasteiger partial charge in [-0.05, 0) is 167 Å². The quantitative estimate of drug-likeness (QED) is 0.0406. The first kappa shape index (κ1) is 104. The maximum atomic E-state index is 14.1. The fourth-order valence-electron chi connectivity index (χ4n) is 13.9. The molecule has 2 heterocycles. The molecule has 0 saturated heterocycles. The Balaban J connectivity index is 0.000000175. The Morgan fingerprint density at radius 2 is 0.462 bits per heavy atom. The van der Waals surface area contributed by atoms with Gasteiger partial charge in [-0.25, -0.2) is 0 Å². The molecular formula is C120H113BrO6P2PdS2-4. The van der Waals surface area contributed by atoms with Crippen LogP contribution < -0.4 is 0 Å². The number of hydrogen-bond donors (Lipinski definition) is 0. The third kappa shape index (κ3) is 35.3. The van der Waals surface area contributed by atoms with E-state index in [1.54, 1.807) is 22.7 Å². The van der Waals surface area contributed by atoms with Gasteiger partial charge in [0.15, 0.2) is 0 Å². The number of rotatable bonds is 21. The number of thiophene rings is 2. The van der Waals surface area contributed by atoms with Crippen molar-refractivity contribution in [3.63, 3.8) is 0 Å². The van der Waals surface area contributed by atoms with E-state index in [9.17, 15) is 9.13 Å². The average molecular weight is 1960 g/mol. The molecule has 0 radical (unpaired) electrons. The van der Waals surface area contributed by atoms with Gasteiger partial charge in [-0.3, -0.25) is 9.13 Å². The van der Waals surface area contributed by atoms with E-state index in [0.717, 1.165) is 42.0 Å². The fourth-order valence-corrected chi connectivity index (χ4v) is 22.0. The number of hydrogen-bond acceptors (Lipinski definition) is 8. The van der Waals surface area contributed by atoms with E-state index in [4.69, 9.17) is 18.1 Å². The van der Waals surface area contributed by atoms with Crippen LogP contribution in [0.1, 0.15) is 71.0 Å². The van der Waals surface area contributed by atoms with Crippen LogP contribution in [0.3, 0.4) is 0 Å². The first-order valence-corrected chi connectivity index (χ1v) is 49.7. The number of aryl methyl sites for hydroxylation is 2. The van der Waals surface area contributed by atoms with Crippen molar-refractivity contribution in [1.82, 2.24) is 0 Å². The number of halogens is 1. The van der Waals surface area contributed by atoms with Crippen LogP contribution in [0.25, 0.3) is 75.8 Å². The van der Waals surface area contributed by atoms with Crippen molar-refractivity contribution in [2.45, 2.75) is 65.7 Å². The van der Waals surface area contributed by atoms with E-state index in [-0.39, 0.29) is 31.7 Å². The minimum Gasteiger partial charge on any atom is -0.308 e. The van der Waals surface area contributed by atoms with Crippen molar-refractivity contribution in [3.8, 4) is 55.6 Å². The van der Waals surface area contributed by atoms with Crippen LogP contribution in [-0.2, 0) is 60.5 Å². The first-order valence-electron chi connectivity index (χ1n) is 44.1.